The van der Waals surface area contributed by atoms with E-state index in [2.05, 4.69) is 81.3 Å². The molecule has 0 aromatic heterocycles. The van der Waals surface area contributed by atoms with E-state index in [0.29, 0.717) is 0 Å². The number of hydrogen-bond donors (Lipinski definition) is 3. The van der Waals surface area contributed by atoms with Crippen molar-refractivity contribution >= 4 is 74.6 Å². The Labute approximate surface area is 477 Å². The van der Waals surface area contributed by atoms with Gasteiger partial charge in [0.05, 0.1) is 0 Å². The van der Waals surface area contributed by atoms with Gasteiger partial charge in [-0.1, -0.05) is 15.9 Å². The smallest absolute Gasteiger partial charge is 0.254 e. The summed E-state index contributed by atoms with van der Waals surface area (Å²) >= 11 is 5.78. The maximum Gasteiger partial charge on any atom is 0.254 e. The van der Waals surface area contributed by atoms with Gasteiger partial charge in [-0.25, -0.2) is 0 Å². The maximum absolute atomic E-state index is 12.8. The lowest BCUT2D eigenvalue weighted by Crippen LogP contribution is -2.42. The molecular formula is C58H87BrClIN10O4. The molecule has 3 aromatic carbocycles. The number of rotatable bonds is 13. The van der Waals surface area contributed by atoms with Crippen LogP contribution in [0.15, 0.2) is 59.1 Å². The number of likely N-dealkylation sites (tertiary alicyclic amines) is 4. The molecule has 5 saturated heterocycles. The fraction of sp³-hybridized carbons (Fsp3) is 0.621. The van der Waals surface area contributed by atoms with Crippen molar-refractivity contribution in [3.05, 3.63) is 102 Å². The number of carbonyl (C=O) groups is 4. The van der Waals surface area contributed by atoms with E-state index >= 15 is 0 Å². The minimum atomic E-state index is 0. The Morgan fingerprint density at radius 2 is 0.893 bits per heavy atom. The largest absolute Gasteiger partial charge is 0.339 e. The van der Waals surface area contributed by atoms with Crippen LogP contribution in [-0.4, -0.2) is 209 Å². The molecule has 0 unspecified atom stereocenters. The highest BCUT2D eigenvalue weighted by Crippen LogP contribution is 2.26. The molecule has 0 aliphatic carbocycles. The number of halogens is 3. The number of carbonyl (C=O) groups excluding carboxylic acids is 4. The SMILES string of the molecule is C1CCNC1.CNCCNC.Cl.O=C(c1ccc2c(c1)CCN(CCN1CCCC1)C2=O)N1CCCC1.O=C1c2ccc(Br)cc2CCN1CCN1CCCC1.O=C1c2ccc(I)cc2CCN1CCN1CCCC1. The molecule has 75 heavy (non-hydrogen) atoms. The van der Waals surface area contributed by atoms with Gasteiger partial charge in [-0.15, -0.1) is 12.4 Å². The fourth-order valence-electron chi connectivity index (χ4n) is 11.1. The van der Waals surface area contributed by atoms with Gasteiger partial charge < -0.3 is 50.2 Å². The van der Waals surface area contributed by atoms with Crippen molar-refractivity contribution in [3.63, 3.8) is 0 Å². The highest BCUT2D eigenvalue weighted by Gasteiger charge is 2.29. The minimum absolute atomic E-state index is 0. The number of likely N-dealkylation sites (N-methyl/N-ethyl adjacent to an activating group) is 2. The lowest BCUT2D eigenvalue weighted by Gasteiger charge is -2.30. The van der Waals surface area contributed by atoms with Gasteiger partial charge in [0.15, 0.2) is 0 Å². The van der Waals surface area contributed by atoms with Crippen LogP contribution in [0, 0.1) is 3.57 Å². The van der Waals surface area contributed by atoms with Gasteiger partial charge in [-0.3, -0.25) is 19.2 Å². The number of fused-ring (bicyclic) bond motifs is 3. The first kappa shape index (κ1) is 61.0. The number of benzene rings is 3. The summed E-state index contributed by atoms with van der Waals surface area (Å²) in [6.45, 7) is 21.6. The summed E-state index contributed by atoms with van der Waals surface area (Å²) in [6, 6.07) is 17.8. The first-order valence-electron chi connectivity index (χ1n) is 28.2. The third-order valence-corrected chi connectivity index (χ3v) is 16.8. The van der Waals surface area contributed by atoms with E-state index in [1.54, 1.807) is 0 Å². The molecule has 8 aliphatic rings. The quantitative estimate of drug-likeness (QED) is 0.120. The number of amides is 4. The molecule has 8 heterocycles. The number of hydrogen-bond acceptors (Lipinski definition) is 10. The monoisotopic (exact) mass is 1230 g/mol. The summed E-state index contributed by atoms with van der Waals surface area (Å²) in [4.78, 5) is 65.5. The van der Waals surface area contributed by atoms with Crippen LogP contribution < -0.4 is 16.0 Å². The Kier molecular flexibility index (Phi) is 26.6. The number of nitrogens with zero attached hydrogens (tertiary/aromatic N) is 7. The zero-order valence-electron chi connectivity index (χ0n) is 45.2. The van der Waals surface area contributed by atoms with Crippen molar-refractivity contribution < 1.29 is 19.2 Å². The molecule has 414 valence electrons. The first-order chi connectivity index (χ1) is 36.1. The van der Waals surface area contributed by atoms with Gasteiger partial charge in [0.2, 0.25) is 0 Å². The van der Waals surface area contributed by atoms with Gasteiger partial charge in [-0.05, 0) is 244 Å². The molecule has 0 atom stereocenters. The lowest BCUT2D eigenvalue weighted by atomic mass is 9.96. The van der Waals surface area contributed by atoms with Gasteiger partial charge in [0.1, 0.15) is 0 Å². The van der Waals surface area contributed by atoms with Gasteiger partial charge in [-0.2, -0.15) is 0 Å². The number of nitrogens with one attached hydrogen (secondary N) is 3. The summed E-state index contributed by atoms with van der Waals surface area (Å²) in [5, 5.41) is 9.23. The first-order valence-corrected chi connectivity index (χ1v) is 30.0. The van der Waals surface area contributed by atoms with E-state index in [1.807, 2.05) is 76.2 Å². The minimum Gasteiger partial charge on any atom is -0.339 e. The lowest BCUT2D eigenvalue weighted by molar-refractivity contribution is 0.0716. The van der Waals surface area contributed by atoms with Crippen molar-refractivity contribution in [1.29, 1.82) is 0 Å². The topological polar surface area (TPSA) is 127 Å². The van der Waals surface area contributed by atoms with Gasteiger partial charge in [0.25, 0.3) is 23.6 Å². The zero-order valence-corrected chi connectivity index (χ0v) is 49.7. The van der Waals surface area contributed by atoms with E-state index in [9.17, 15) is 19.2 Å². The molecule has 0 saturated carbocycles. The summed E-state index contributed by atoms with van der Waals surface area (Å²) in [5.74, 6) is 0.662. The predicted octanol–water partition coefficient (Wildman–Crippen LogP) is 7.16. The molecule has 14 nitrogen and oxygen atoms in total. The van der Waals surface area contributed by atoms with Crippen molar-refractivity contribution in [2.75, 3.05) is 152 Å². The van der Waals surface area contributed by atoms with Crippen LogP contribution in [0.2, 0.25) is 0 Å². The summed E-state index contributed by atoms with van der Waals surface area (Å²) < 4.78 is 2.28. The molecule has 11 rings (SSSR count). The van der Waals surface area contributed by atoms with Crippen LogP contribution in [0.3, 0.4) is 0 Å². The molecule has 17 heteroatoms. The molecule has 3 aromatic rings. The predicted molar refractivity (Wildman–Crippen MR) is 318 cm³/mol. The van der Waals surface area contributed by atoms with E-state index in [4.69, 9.17) is 0 Å². The van der Waals surface area contributed by atoms with E-state index in [1.165, 1.54) is 118 Å². The molecule has 3 N–H and O–H groups in total. The third-order valence-electron chi connectivity index (χ3n) is 15.6. The zero-order chi connectivity index (χ0) is 52.1. The molecule has 0 radical (unpaired) electrons. The fourth-order valence-corrected chi connectivity index (χ4v) is 12.1. The average Bonchev–Trinajstić information content (AvgIpc) is 4.29. The van der Waals surface area contributed by atoms with Crippen molar-refractivity contribution in [2.24, 2.45) is 0 Å². The Hall–Kier alpha value is -3.20. The van der Waals surface area contributed by atoms with E-state index in [-0.39, 0.29) is 36.0 Å². The Morgan fingerprint density at radius 3 is 1.31 bits per heavy atom. The molecule has 4 amide bonds. The molecular weight excluding hydrogens is 1140 g/mol. The van der Waals surface area contributed by atoms with Crippen LogP contribution in [0.5, 0.6) is 0 Å². The summed E-state index contributed by atoms with van der Waals surface area (Å²) in [6.07, 6.45) is 15.6. The average molecular weight is 1230 g/mol. The standard InChI is InChI=1S/C20H27N3O2.C15H19BrN2O.C15H19IN2O.C4H12N2.C4H9N.ClH/c24-19(22-10-3-4-11-22)17-5-6-18-16(15-17)7-12-23(20(18)25)14-13-21-8-1-2-9-21;2*16-13-3-4-14-12(11-13)5-8-18(15(14)19)10-9-17-6-1-2-7-17;1-5-3-4-6-2;1-2-4-5-3-1;/h5-6,15H,1-4,7-14H2;2*3-4,11H,1-2,5-10H2;5-6H,3-4H2,1-2H3;5H,1-4H2;1H. The Balaban J connectivity index is 0.000000166. The second kappa shape index (κ2) is 32.6. The highest BCUT2D eigenvalue weighted by molar-refractivity contribution is 14.1. The maximum atomic E-state index is 12.8. The molecule has 0 bridgehead atoms. The van der Waals surface area contributed by atoms with Crippen LogP contribution >= 0.6 is 50.9 Å². The second-order valence-corrected chi connectivity index (χ2v) is 23.1. The van der Waals surface area contributed by atoms with Gasteiger partial charge in [0, 0.05) is 115 Å². The van der Waals surface area contributed by atoms with Crippen molar-refractivity contribution in [3.8, 4) is 0 Å². The van der Waals surface area contributed by atoms with Crippen LogP contribution in [0.25, 0.3) is 0 Å². The molecule has 5 fully saturated rings. The Bertz CT molecular complexity index is 2160. The third kappa shape index (κ3) is 18.7. The molecule has 0 spiro atoms. The van der Waals surface area contributed by atoms with Crippen molar-refractivity contribution in [2.45, 2.75) is 83.5 Å². The normalized spacial score (nSPS) is 19.4. The van der Waals surface area contributed by atoms with Crippen molar-refractivity contribution in [1.82, 2.24) is 50.2 Å². The van der Waals surface area contributed by atoms with E-state index < -0.39 is 0 Å². The Morgan fingerprint density at radius 1 is 0.507 bits per heavy atom. The molecule has 8 aliphatic heterocycles. The highest BCUT2D eigenvalue weighted by atomic mass is 127. The second-order valence-electron chi connectivity index (χ2n) is 20.9. The van der Waals surface area contributed by atoms with Gasteiger partial charge >= 0.3 is 0 Å². The van der Waals surface area contributed by atoms with Crippen LogP contribution in [0.4, 0.5) is 0 Å². The van der Waals surface area contributed by atoms with Crippen LogP contribution in [0.1, 0.15) is 122 Å². The summed E-state index contributed by atoms with van der Waals surface area (Å²) in [5.41, 5.74) is 6.74. The van der Waals surface area contributed by atoms with Crippen LogP contribution in [-0.2, 0) is 19.3 Å². The van der Waals surface area contributed by atoms with E-state index in [0.717, 1.165) is 149 Å². The summed E-state index contributed by atoms with van der Waals surface area (Å²) in [7, 11) is 3.88.